The van der Waals surface area contributed by atoms with Crippen molar-refractivity contribution in [2.24, 2.45) is 0 Å². The van der Waals surface area contributed by atoms with E-state index in [1.54, 1.807) is 0 Å². The van der Waals surface area contributed by atoms with E-state index in [-0.39, 0.29) is 18.3 Å². The quantitative estimate of drug-likeness (QED) is 0.891. The molecule has 2 N–H and O–H groups in total. The van der Waals surface area contributed by atoms with Gasteiger partial charge in [-0.1, -0.05) is 6.92 Å². The highest BCUT2D eigenvalue weighted by molar-refractivity contribution is 5.55. The molecule has 1 aromatic rings. The molecule has 1 aliphatic heterocycles. The first-order valence-corrected chi connectivity index (χ1v) is 7.15. The summed E-state index contributed by atoms with van der Waals surface area (Å²) >= 11 is 0. The number of ether oxygens (including phenoxy) is 3. The smallest absolute Gasteiger partial charge is 0.244 e. The van der Waals surface area contributed by atoms with Crippen molar-refractivity contribution >= 4 is 5.69 Å². The predicted octanol–water partition coefficient (Wildman–Crippen LogP) is 2.18. The molecule has 0 amide bonds. The second-order valence-electron chi connectivity index (χ2n) is 5.21. The molecule has 20 heavy (non-hydrogen) atoms. The van der Waals surface area contributed by atoms with Gasteiger partial charge in [0, 0.05) is 12.8 Å². The summed E-state index contributed by atoms with van der Waals surface area (Å²) in [6.45, 7) is 6.70. The van der Waals surface area contributed by atoms with Crippen LogP contribution in [0.15, 0.2) is 6.33 Å². The Labute approximate surface area is 119 Å². The van der Waals surface area contributed by atoms with Gasteiger partial charge in [-0.15, -0.1) is 0 Å². The minimum Gasteiger partial charge on any atom is -0.476 e. The molecule has 2 rings (SSSR count). The van der Waals surface area contributed by atoms with Crippen LogP contribution >= 0.6 is 0 Å². The molecular formula is C14H23N3O3. The van der Waals surface area contributed by atoms with E-state index >= 15 is 0 Å². The van der Waals surface area contributed by atoms with E-state index in [0.29, 0.717) is 24.1 Å². The molecule has 0 aliphatic carbocycles. The molecule has 0 radical (unpaired) electrons. The van der Waals surface area contributed by atoms with Crippen molar-refractivity contribution in [2.45, 2.75) is 58.3 Å². The zero-order valence-corrected chi connectivity index (χ0v) is 12.3. The summed E-state index contributed by atoms with van der Waals surface area (Å²) in [5.41, 5.74) is 6.37. The maximum Gasteiger partial charge on any atom is 0.244 e. The Hall–Kier alpha value is -1.56. The van der Waals surface area contributed by atoms with Crippen LogP contribution in [-0.2, 0) is 4.74 Å². The van der Waals surface area contributed by atoms with Crippen molar-refractivity contribution in [3.63, 3.8) is 0 Å². The van der Waals surface area contributed by atoms with Crippen LogP contribution in [-0.4, -0.2) is 34.9 Å². The lowest BCUT2D eigenvalue weighted by Gasteiger charge is -2.32. The topological polar surface area (TPSA) is 79.5 Å². The van der Waals surface area contributed by atoms with E-state index < -0.39 is 0 Å². The number of nitrogens with two attached hydrogens (primary N) is 1. The number of hydrogen-bond donors (Lipinski definition) is 1. The molecule has 1 aliphatic rings. The molecule has 1 aromatic heterocycles. The summed E-state index contributed by atoms with van der Waals surface area (Å²) < 4.78 is 17.1. The van der Waals surface area contributed by atoms with Crippen LogP contribution in [0.5, 0.6) is 11.8 Å². The molecular weight excluding hydrogens is 258 g/mol. The van der Waals surface area contributed by atoms with Crippen molar-refractivity contribution in [3.05, 3.63) is 6.33 Å². The zero-order chi connectivity index (χ0) is 14.5. The van der Waals surface area contributed by atoms with Crippen molar-refractivity contribution in [1.29, 1.82) is 0 Å². The third-order valence-corrected chi connectivity index (χ3v) is 3.19. The maximum atomic E-state index is 6.00. The van der Waals surface area contributed by atoms with Crippen LogP contribution in [0.4, 0.5) is 5.69 Å². The fourth-order valence-electron chi connectivity index (χ4n) is 2.37. The fraction of sp³-hybridized carbons (Fsp3) is 0.714. The van der Waals surface area contributed by atoms with E-state index in [4.69, 9.17) is 19.9 Å². The minimum atomic E-state index is 0.0602. The summed E-state index contributed by atoms with van der Waals surface area (Å²) in [6.07, 6.45) is 4.41. The van der Waals surface area contributed by atoms with Gasteiger partial charge in [-0.3, -0.25) is 0 Å². The van der Waals surface area contributed by atoms with Gasteiger partial charge >= 0.3 is 0 Å². The van der Waals surface area contributed by atoms with Gasteiger partial charge in [0.1, 0.15) is 12.4 Å². The van der Waals surface area contributed by atoms with E-state index in [0.717, 1.165) is 19.3 Å². The Morgan fingerprint density at radius 2 is 1.90 bits per heavy atom. The predicted molar refractivity (Wildman–Crippen MR) is 75.9 cm³/mol. The average molecular weight is 281 g/mol. The number of nitrogens with zero attached hydrogens (tertiary/aromatic N) is 2. The van der Waals surface area contributed by atoms with Gasteiger partial charge in [0.25, 0.3) is 0 Å². The molecule has 0 saturated carbocycles. The monoisotopic (exact) mass is 281 g/mol. The number of nitrogen functional groups attached to an aromatic ring is 1. The molecule has 6 nitrogen and oxygen atoms in total. The summed E-state index contributed by atoms with van der Waals surface area (Å²) in [7, 11) is 0. The number of rotatable bonds is 5. The van der Waals surface area contributed by atoms with Gasteiger partial charge in [-0.2, -0.15) is 9.97 Å². The fourth-order valence-corrected chi connectivity index (χ4v) is 2.37. The first-order valence-electron chi connectivity index (χ1n) is 7.15. The Bertz CT molecular complexity index is 432. The van der Waals surface area contributed by atoms with Gasteiger partial charge in [0.05, 0.1) is 18.8 Å². The van der Waals surface area contributed by atoms with E-state index in [1.165, 1.54) is 6.33 Å². The second-order valence-corrected chi connectivity index (χ2v) is 5.21. The minimum absolute atomic E-state index is 0.0602. The maximum absolute atomic E-state index is 6.00. The third-order valence-electron chi connectivity index (χ3n) is 3.19. The number of anilines is 1. The van der Waals surface area contributed by atoms with Crippen LogP contribution in [0.3, 0.4) is 0 Å². The summed E-state index contributed by atoms with van der Waals surface area (Å²) in [4.78, 5) is 8.15. The van der Waals surface area contributed by atoms with Gasteiger partial charge in [0.15, 0.2) is 5.69 Å². The molecule has 2 heterocycles. The Balaban J connectivity index is 2.05. The normalized spacial score (nSPS) is 26.2. The third kappa shape index (κ3) is 3.72. The zero-order valence-electron chi connectivity index (χ0n) is 12.3. The van der Waals surface area contributed by atoms with Gasteiger partial charge in [-0.05, 0) is 20.3 Å². The molecule has 0 bridgehead atoms. The second kappa shape index (κ2) is 6.74. The van der Waals surface area contributed by atoms with Crippen molar-refractivity contribution in [1.82, 2.24) is 9.97 Å². The van der Waals surface area contributed by atoms with E-state index in [9.17, 15) is 0 Å². The van der Waals surface area contributed by atoms with Crippen LogP contribution in [0.1, 0.15) is 40.0 Å². The molecule has 1 saturated heterocycles. The first-order chi connectivity index (χ1) is 9.60. The van der Waals surface area contributed by atoms with Crippen LogP contribution in [0, 0.1) is 0 Å². The highest BCUT2D eigenvalue weighted by Crippen LogP contribution is 2.30. The van der Waals surface area contributed by atoms with E-state index in [1.807, 2.05) is 20.8 Å². The van der Waals surface area contributed by atoms with Crippen LogP contribution in [0.25, 0.3) is 0 Å². The van der Waals surface area contributed by atoms with Gasteiger partial charge in [0.2, 0.25) is 11.8 Å². The van der Waals surface area contributed by atoms with Crippen LogP contribution < -0.4 is 15.2 Å². The summed E-state index contributed by atoms with van der Waals surface area (Å²) in [5.74, 6) is 0.794. The van der Waals surface area contributed by atoms with E-state index in [2.05, 4.69) is 9.97 Å². The Kier molecular flexibility index (Phi) is 5.00. The number of hydrogen-bond acceptors (Lipinski definition) is 6. The molecule has 1 fully saturated rings. The molecule has 0 spiro atoms. The highest BCUT2D eigenvalue weighted by Gasteiger charge is 2.27. The largest absolute Gasteiger partial charge is 0.476 e. The summed E-state index contributed by atoms with van der Waals surface area (Å²) in [5, 5.41) is 0. The van der Waals surface area contributed by atoms with Crippen molar-refractivity contribution in [2.75, 3.05) is 12.3 Å². The molecule has 112 valence electrons. The van der Waals surface area contributed by atoms with Crippen LogP contribution in [0.2, 0.25) is 0 Å². The van der Waals surface area contributed by atoms with Gasteiger partial charge < -0.3 is 19.9 Å². The molecule has 2 atom stereocenters. The molecule has 2 unspecified atom stereocenters. The highest BCUT2D eigenvalue weighted by atomic mass is 16.5. The summed E-state index contributed by atoms with van der Waals surface area (Å²) in [6, 6.07) is 0. The van der Waals surface area contributed by atoms with Crippen molar-refractivity contribution in [3.8, 4) is 11.8 Å². The number of aromatic nitrogens is 2. The van der Waals surface area contributed by atoms with Gasteiger partial charge in [-0.25, -0.2) is 0 Å². The average Bonchev–Trinajstić information content (AvgIpc) is 2.38. The first kappa shape index (κ1) is 14.8. The Morgan fingerprint density at radius 3 is 2.55 bits per heavy atom. The lowest BCUT2D eigenvalue weighted by Crippen LogP contribution is -2.36. The molecule has 6 heteroatoms. The standard InChI is InChI=1S/C14H23N3O3/c1-4-5-18-13-12(15)14(17-8-16-13)20-11-6-9(2)19-10(3)7-11/h8-11H,4-7,15H2,1-3H3. The lowest BCUT2D eigenvalue weighted by molar-refractivity contribution is -0.0728. The SMILES string of the molecule is CCCOc1ncnc(OC2CC(C)OC(C)C2)c1N. The lowest BCUT2D eigenvalue weighted by atomic mass is 10.0. The molecule has 0 aromatic carbocycles. The van der Waals surface area contributed by atoms with Crippen molar-refractivity contribution < 1.29 is 14.2 Å². The Morgan fingerprint density at radius 1 is 1.25 bits per heavy atom.